The van der Waals surface area contributed by atoms with Gasteiger partial charge in [-0.1, -0.05) is 202 Å². The van der Waals surface area contributed by atoms with Gasteiger partial charge in [0.25, 0.3) is 0 Å². The Balaban J connectivity index is 1.07. The molecule has 63 heavy (non-hydrogen) atoms. The molecular formula is C61H43NS. The highest BCUT2D eigenvalue weighted by atomic mass is 32.1. The molecule has 1 nitrogen and oxygen atoms in total. The molecule has 0 bridgehead atoms. The number of hydrogen-bond acceptors (Lipinski definition) is 2. The molecule has 0 radical (unpaired) electrons. The third-order valence-electron chi connectivity index (χ3n) is 13.3. The van der Waals surface area contributed by atoms with Crippen LogP contribution < -0.4 is 4.90 Å². The summed E-state index contributed by atoms with van der Waals surface area (Å²) in [5.41, 5.74) is 18.3. The lowest BCUT2D eigenvalue weighted by atomic mass is 9.81. The molecule has 0 N–H and O–H groups in total. The second kappa shape index (κ2) is 14.8. The van der Waals surface area contributed by atoms with Crippen LogP contribution in [0.25, 0.3) is 86.6 Å². The smallest absolute Gasteiger partial charge is 0.0540 e. The zero-order chi connectivity index (χ0) is 42.1. The fourth-order valence-corrected chi connectivity index (χ4v) is 11.5. The molecule has 1 heterocycles. The van der Waals surface area contributed by atoms with Crippen LogP contribution >= 0.6 is 11.3 Å². The maximum Gasteiger partial charge on any atom is 0.0540 e. The molecule has 0 saturated carbocycles. The molecule has 1 aromatic heterocycles. The van der Waals surface area contributed by atoms with Crippen LogP contribution in [0, 0.1) is 0 Å². The van der Waals surface area contributed by atoms with Crippen LogP contribution in [0.15, 0.2) is 224 Å². The van der Waals surface area contributed by atoms with Gasteiger partial charge in [0, 0.05) is 42.4 Å². The lowest BCUT2D eigenvalue weighted by Gasteiger charge is -2.30. The summed E-state index contributed by atoms with van der Waals surface area (Å²) in [6.45, 7) is 4.73. The van der Waals surface area contributed by atoms with Crippen molar-refractivity contribution < 1.29 is 0 Å². The van der Waals surface area contributed by atoms with E-state index in [0.717, 1.165) is 17.1 Å². The summed E-state index contributed by atoms with van der Waals surface area (Å²) in [5.74, 6) is 0. The third-order valence-corrected chi connectivity index (χ3v) is 14.5. The lowest BCUT2D eigenvalue weighted by molar-refractivity contribution is 0.660. The molecule has 298 valence electrons. The summed E-state index contributed by atoms with van der Waals surface area (Å²) in [5, 5.41) is 5.10. The van der Waals surface area contributed by atoms with Crippen LogP contribution in [0.4, 0.5) is 17.1 Å². The molecule has 1 aliphatic rings. The number of fused-ring (bicyclic) bond motifs is 7. The molecule has 0 unspecified atom stereocenters. The summed E-state index contributed by atoms with van der Waals surface area (Å²) in [7, 11) is 0. The number of nitrogens with zero attached hydrogens (tertiary/aromatic N) is 1. The first kappa shape index (κ1) is 37.3. The molecule has 1 aliphatic carbocycles. The number of hydrogen-bond donors (Lipinski definition) is 0. The van der Waals surface area contributed by atoms with E-state index >= 15 is 0 Å². The van der Waals surface area contributed by atoms with Crippen LogP contribution in [-0.2, 0) is 5.41 Å². The highest BCUT2D eigenvalue weighted by Gasteiger charge is 2.35. The Bertz CT molecular complexity index is 3530. The zero-order valence-corrected chi connectivity index (χ0v) is 36.0. The quantitative estimate of drug-likeness (QED) is 0.155. The molecule has 12 rings (SSSR count). The van der Waals surface area contributed by atoms with E-state index in [1.807, 2.05) is 11.3 Å². The first-order valence-electron chi connectivity index (χ1n) is 21.8. The van der Waals surface area contributed by atoms with Gasteiger partial charge in [0.15, 0.2) is 0 Å². The van der Waals surface area contributed by atoms with Crippen LogP contribution in [0.5, 0.6) is 0 Å². The fourth-order valence-electron chi connectivity index (χ4n) is 10.3. The van der Waals surface area contributed by atoms with Gasteiger partial charge >= 0.3 is 0 Å². The van der Waals surface area contributed by atoms with Gasteiger partial charge in [-0.15, -0.1) is 11.3 Å². The number of anilines is 3. The highest BCUT2D eigenvalue weighted by molar-refractivity contribution is 7.26. The van der Waals surface area contributed by atoms with Gasteiger partial charge in [-0.25, -0.2) is 0 Å². The molecule has 2 heteroatoms. The first-order valence-corrected chi connectivity index (χ1v) is 22.7. The standard InChI is InChI=1S/C61H43NS/c1-61(2)54-29-10-6-22-48(54)49-38-35-43(39-55(49)61)45-21-7-11-30-56(45)62(44-36-33-41(34-37-44)47-26-16-28-53-51-24-9-13-32-58(51)63-60(47)53)57-31-12-8-23-50(57)52-27-15-20-42-19-14-25-46(59(42)52)40-17-4-3-5-18-40/h3-39H,1-2H3. The van der Waals surface area contributed by atoms with Crippen molar-refractivity contribution in [1.82, 2.24) is 0 Å². The van der Waals surface area contributed by atoms with Gasteiger partial charge in [-0.05, 0) is 103 Å². The van der Waals surface area contributed by atoms with E-state index in [4.69, 9.17) is 0 Å². The topological polar surface area (TPSA) is 3.24 Å². The Hall–Kier alpha value is -7.52. The average Bonchev–Trinajstić information content (AvgIpc) is 3.84. The molecule has 0 saturated heterocycles. The van der Waals surface area contributed by atoms with Gasteiger partial charge in [-0.2, -0.15) is 0 Å². The van der Waals surface area contributed by atoms with Crippen molar-refractivity contribution in [2.75, 3.05) is 4.90 Å². The van der Waals surface area contributed by atoms with Crippen LogP contribution in [-0.4, -0.2) is 0 Å². The predicted octanol–water partition coefficient (Wildman–Crippen LogP) is 17.7. The minimum atomic E-state index is -0.110. The van der Waals surface area contributed by atoms with E-state index in [2.05, 4.69) is 243 Å². The largest absolute Gasteiger partial charge is 0.309 e. The van der Waals surface area contributed by atoms with Gasteiger partial charge < -0.3 is 4.90 Å². The van der Waals surface area contributed by atoms with Crippen LogP contribution in [0.2, 0.25) is 0 Å². The monoisotopic (exact) mass is 821 g/mol. The van der Waals surface area contributed by atoms with E-state index < -0.39 is 0 Å². The number of rotatable bonds is 7. The molecule has 10 aromatic carbocycles. The van der Waals surface area contributed by atoms with Crippen molar-refractivity contribution in [3.05, 3.63) is 236 Å². The van der Waals surface area contributed by atoms with Gasteiger partial charge in [-0.3, -0.25) is 0 Å². The zero-order valence-electron chi connectivity index (χ0n) is 35.2. The molecule has 0 atom stereocenters. The summed E-state index contributed by atoms with van der Waals surface area (Å²) in [6, 6.07) is 82.9. The van der Waals surface area contributed by atoms with Crippen molar-refractivity contribution >= 4 is 59.3 Å². The Labute approximate surface area is 372 Å². The number of thiophene rings is 1. The summed E-state index contributed by atoms with van der Waals surface area (Å²) < 4.78 is 2.64. The Morgan fingerprint density at radius 1 is 0.365 bits per heavy atom. The van der Waals surface area contributed by atoms with E-state index in [1.54, 1.807) is 0 Å². The Morgan fingerprint density at radius 2 is 0.921 bits per heavy atom. The van der Waals surface area contributed by atoms with Crippen molar-refractivity contribution in [3.8, 4) is 55.6 Å². The Kier molecular flexibility index (Phi) is 8.77. The van der Waals surface area contributed by atoms with Crippen LogP contribution in [0.3, 0.4) is 0 Å². The first-order chi connectivity index (χ1) is 31.0. The van der Waals surface area contributed by atoms with Crippen molar-refractivity contribution in [2.45, 2.75) is 19.3 Å². The fraction of sp³-hybridized carbons (Fsp3) is 0.0492. The second-order valence-electron chi connectivity index (χ2n) is 17.2. The molecule has 0 aliphatic heterocycles. The molecule has 0 fully saturated rings. The summed E-state index contributed by atoms with van der Waals surface area (Å²) in [4.78, 5) is 2.49. The van der Waals surface area contributed by atoms with Crippen molar-refractivity contribution in [1.29, 1.82) is 0 Å². The van der Waals surface area contributed by atoms with Crippen molar-refractivity contribution in [2.24, 2.45) is 0 Å². The van der Waals surface area contributed by atoms with Gasteiger partial charge in [0.2, 0.25) is 0 Å². The predicted molar refractivity (Wildman–Crippen MR) is 271 cm³/mol. The van der Waals surface area contributed by atoms with E-state index in [-0.39, 0.29) is 5.41 Å². The summed E-state index contributed by atoms with van der Waals surface area (Å²) >= 11 is 1.88. The molecule has 11 aromatic rings. The normalized spacial score (nSPS) is 12.7. The van der Waals surface area contributed by atoms with Crippen LogP contribution in [0.1, 0.15) is 25.0 Å². The van der Waals surface area contributed by atoms with Gasteiger partial charge in [0.1, 0.15) is 0 Å². The van der Waals surface area contributed by atoms with Crippen molar-refractivity contribution in [3.63, 3.8) is 0 Å². The second-order valence-corrected chi connectivity index (χ2v) is 18.3. The number of para-hydroxylation sites is 2. The molecular weight excluding hydrogens is 779 g/mol. The van der Waals surface area contributed by atoms with Gasteiger partial charge in [0.05, 0.1) is 11.4 Å². The highest BCUT2D eigenvalue weighted by Crippen LogP contribution is 2.52. The van der Waals surface area contributed by atoms with E-state index in [0.29, 0.717) is 0 Å². The van der Waals surface area contributed by atoms with E-state index in [1.165, 1.54) is 97.7 Å². The minimum Gasteiger partial charge on any atom is -0.309 e. The third kappa shape index (κ3) is 6.05. The maximum atomic E-state index is 2.49. The average molecular weight is 822 g/mol. The molecule has 0 spiro atoms. The Morgan fingerprint density at radius 3 is 1.73 bits per heavy atom. The lowest BCUT2D eigenvalue weighted by Crippen LogP contribution is -2.15. The summed E-state index contributed by atoms with van der Waals surface area (Å²) in [6.07, 6.45) is 0. The van der Waals surface area contributed by atoms with E-state index in [9.17, 15) is 0 Å². The SMILES string of the molecule is CC1(C)c2ccccc2-c2ccc(-c3ccccc3N(c3ccc(-c4cccc5c4sc4ccccc45)cc3)c3ccccc3-c3cccc4cccc(-c5ccccc5)c34)cc21. The molecule has 0 amide bonds. The minimum absolute atomic E-state index is 0.110. The maximum absolute atomic E-state index is 2.49. The number of benzene rings is 10.